The van der Waals surface area contributed by atoms with Crippen molar-refractivity contribution in [2.75, 3.05) is 11.9 Å². The van der Waals surface area contributed by atoms with Crippen LogP contribution in [-0.2, 0) is 19.5 Å². The zero-order valence-corrected chi connectivity index (χ0v) is 16.5. The molecule has 2 aromatic carbocycles. The van der Waals surface area contributed by atoms with Gasteiger partial charge in [0.25, 0.3) is 0 Å². The number of aromatic carboxylic acids is 1. The minimum atomic E-state index is -1.13. The highest BCUT2D eigenvalue weighted by atomic mass is 16.4. The lowest BCUT2D eigenvalue weighted by atomic mass is 10.0. The van der Waals surface area contributed by atoms with Crippen LogP contribution < -0.4 is 4.90 Å². The molecule has 0 aliphatic carbocycles. The first-order valence-corrected chi connectivity index (χ1v) is 9.51. The maximum Gasteiger partial charge on any atom is 0.371 e. The smallest absolute Gasteiger partial charge is 0.371 e. The van der Waals surface area contributed by atoms with E-state index >= 15 is 0 Å². The number of hydrogen-bond acceptors (Lipinski definition) is 3. The average molecular weight is 400 g/mol. The average Bonchev–Trinajstić information content (AvgIpc) is 3.21. The zero-order valence-electron chi connectivity index (χ0n) is 16.5. The van der Waals surface area contributed by atoms with E-state index in [2.05, 4.69) is 11.8 Å². The fourth-order valence-corrected chi connectivity index (χ4v) is 3.44. The molecule has 0 atom stereocenters. The summed E-state index contributed by atoms with van der Waals surface area (Å²) >= 11 is 0. The molecule has 2 heterocycles. The Kier molecular flexibility index (Phi) is 5.27. The number of anilines is 1. The Morgan fingerprint density at radius 3 is 2.67 bits per heavy atom. The van der Waals surface area contributed by atoms with Crippen LogP contribution in [0.3, 0.4) is 0 Å². The van der Waals surface area contributed by atoms with Crippen molar-refractivity contribution < 1.29 is 19.1 Å². The number of urea groups is 1. The summed E-state index contributed by atoms with van der Waals surface area (Å²) in [5, 5.41) is 9.01. The van der Waals surface area contributed by atoms with E-state index < -0.39 is 5.97 Å². The molecule has 0 saturated carbocycles. The van der Waals surface area contributed by atoms with Crippen LogP contribution in [0, 0.1) is 11.8 Å². The molecule has 1 aliphatic heterocycles. The summed E-state index contributed by atoms with van der Waals surface area (Å²) in [7, 11) is 1.72. The molecule has 0 radical (unpaired) electrons. The number of nitrogens with zero attached hydrogens (tertiary/aromatic N) is 2. The molecule has 150 valence electrons. The predicted octanol–water partition coefficient (Wildman–Crippen LogP) is 4.14. The van der Waals surface area contributed by atoms with Crippen LogP contribution in [0.4, 0.5) is 10.5 Å². The number of furan rings is 1. The van der Waals surface area contributed by atoms with Gasteiger partial charge in [0, 0.05) is 19.0 Å². The van der Waals surface area contributed by atoms with Gasteiger partial charge in [-0.05, 0) is 41.5 Å². The molecule has 4 rings (SSSR count). The monoisotopic (exact) mass is 400 g/mol. The van der Waals surface area contributed by atoms with Gasteiger partial charge in [-0.3, -0.25) is 4.90 Å². The van der Waals surface area contributed by atoms with Crippen molar-refractivity contribution in [1.29, 1.82) is 0 Å². The highest BCUT2D eigenvalue weighted by Gasteiger charge is 2.28. The number of benzene rings is 2. The highest BCUT2D eigenvalue weighted by molar-refractivity contribution is 5.94. The van der Waals surface area contributed by atoms with Gasteiger partial charge in [-0.15, -0.1) is 0 Å². The quantitative estimate of drug-likeness (QED) is 0.668. The van der Waals surface area contributed by atoms with E-state index in [9.17, 15) is 9.59 Å². The van der Waals surface area contributed by atoms with Gasteiger partial charge in [0.15, 0.2) is 0 Å². The zero-order chi connectivity index (χ0) is 21.1. The van der Waals surface area contributed by atoms with E-state index in [4.69, 9.17) is 9.52 Å². The molecule has 0 bridgehead atoms. The van der Waals surface area contributed by atoms with Gasteiger partial charge >= 0.3 is 12.0 Å². The van der Waals surface area contributed by atoms with E-state index in [1.165, 1.54) is 11.6 Å². The highest BCUT2D eigenvalue weighted by Crippen LogP contribution is 2.29. The van der Waals surface area contributed by atoms with E-state index in [0.717, 1.165) is 16.8 Å². The van der Waals surface area contributed by atoms with Crippen molar-refractivity contribution in [3.05, 3.63) is 88.9 Å². The minimum absolute atomic E-state index is 0.140. The fourth-order valence-electron chi connectivity index (χ4n) is 3.44. The molecule has 0 unspecified atom stereocenters. The van der Waals surface area contributed by atoms with Crippen LogP contribution in [-0.4, -0.2) is 29.1 Å². The second-order valence-electron chi connectivity index (χ2n) is 7.08. The largest absolute Gasteiger partial charge is 0.475 e. The van der Waals surface area contributed by atoms with E-state index in [0.29, 0.717) is 18.7 Å². The fraction of sp³-hybridized carbons (Fsp3) is 0.167. The maximum absolute atomic E-state index is 12.7. The van der Waals surface area contributed by atoms with Crippen LogP contribution in [0.2, 0.25) is 0 Å². The molecule has 1 aromatic heterocycles. The van der Waals surface area contributed by atoms with Gasteiger partial charge in [-0.2, -0.15) is 0 Å². The second-order valence-corrected chi connectivity index (χ2v) is 7.08. The lowest BCUT2D eigenvalue weighted by Crippen LogP contribution is -2.44. The normalized spacial score (nSPS) is 12.9. The number of fused-ring (bicyclic) bond motifs is 1. The second kappa shape index (κ2) is 8.18. The van der Waals surface area contributed by atoms with Crippen LogP contribution in [0.15, 0.2) is 65.1 Å². The van der Waals surface area contributed by atoms with E-state index in [1.807, 2.05) is 48.5 Å². The van der Waals surface area contributed by atoms with Gasteiger partial charge in [-0.1, -0.05) is 42.2 Å². The van der Waals surface area contributed by atoms with Crippen LogP contribution >= 0.6 is 0 Å². The lowest BCUT2D eigenvalue weighted by molar-refractivity contribution is 0.0659. The summed E-state index contributed by atoms with van der Waals surface area (Å²) in [5.74, 6) is 5.54. The van der Waals surface area contributed by atoms with Gasteiger partial charge < -0.3 is 14.4 Å². The third-order valence-corrected chi connectivity index (χ3v) is 4.95. The number of carboxylic acid groups (broad SMARTS) is 1. The van der Waals surface area contributed by atoms with Crippen molar-refractivity contribution in [2.45, 2.75) is 19.5 Å². The minimum Gasteiger partial charge on any atom is -0.475 e. The number of amides is 2. The Bertz CT molecular complexity index is 1150. The molecule has 0 fully saturated rings. The Morgan fingerprint density at radius 2 is 1.93 bits per heavy atom. The number of hydrogen-bond donors (Lipinski definition) is 1. The molecular formula is C24H20N2O4. The van der Waals surface area contributed by atoms with Crippen LogP contribution in [0.5, 0.6) is 0 Å². The van der Waals surface area contributed by atoms with Gasteiger partial charge in [-0.25, -0.2) is 9.59 Å². The molecule has 1 N–H and O–H groups in total. The number of carbonyl (C=O) groups excluding carboxylic acids is 1. The SMILES string of the molecule is CN1C(=O)N(Cc2ccc(C(=O)O)o2)Cc2cc(C#CCc3ccccc3)ccc21. The molecule has 6 nitrogen and oxygen atoms in total. The van der Waals surface area contributed by atoms with Crippen LogP contribution in [0.1, 0.15) is 33.0 Å². The molecule has 6 heteroatoms. The summed E-state index contributed by atoms with van der Waals surface area (Å²) in [6.07, 6.45) is 0.673. The number of carboxylic acids is 1. The lowest BCUT2D eigenvalue weighted by Gasteiger charge is -2.34. The molecule has 3 aromatic rings. The van der Waals surface area contributed by atoms with Crippen molar-refractivity contribution in [3.63, 3.8) is 0 Å². The first-order chi connectivity index (χ1) is 14.5. The van der Waals surface area contributed by atoms with Gasteiger partial charge in [0.2, 0.25) is 5.76 Å². The molecule has 30 heavy (non-hydrogen) atoms. The van der Waals surface area contributed by atoms with Crippen molar-refractivity contribution >= 4 is 17.7 Å². The number of carbonyl (C=O) groups is 2. The van der Waals surface area contributed by atoms with Crippen molar-refractivity contribution in [1.82, 2.24) is 4.90 Å². The third kappa shape index (κ3) is 4.06. The molecule has 2 amide bonds. The summed E-state index contributed by atoms with van der Waals surface area (Å²) in [6, 6.07) is 18.7. The molecular weight excluding hydrogens is 380 g/mol. The van der Waals surface area contributed by atoms with Crippen molar-refractivity contribution in [3.8, 4) is 11.8 Å². The van der Waals surface area contributed by atoms with Crippen molar-refractivity contribution in [2.24, 2.45) is 0 Å². The topological polar surface area (TPSA) is 74.0 Å². The Hall–Kier alpha value is -3.98. The molecule has 1 aliphatic rings. The van der Waals surface area contributed by atoms with E-state index in [1.54, 1.807) is 22.9 Å². The Labute approximate surface area is 174 Å². The third-order valence-electron chi connectivity index (χ3n) is 4.95. The molecule has 0 saturated heterocycles. The van der Waals surface area contributed by atoms with Crippen LogP contribution in [0.25, 0.3) is 0 Å². The summed E-state index contributed by atoms with van der Waals surface area (Å²) < 4.78 is 5.30. The summed E-state index contributed by atoms with van der Waals surface area (Å²) in [5.41, 5.74) is 3.88. The maximum atomic E-state index is 12.7. The van der Waals surface area contributed by atoms with E-state index in [-0.39, 0.29) is 18.3 Å². The first-order valence-electron chi connectivity index (χ1n) is 9.51. The van der Waals surface area contributed by atoms with Gasteiger partial charge in [0.05, 0.1) is 18.8 Å². The summed E-state index contributed by atoms with van der Waals surface area (Å²) in [6.45, 7) is 0.593. The molecule has 0 spiro atoms. The standard InChI is InChI=1S/C24H20N2O4/c1-25-21-12-10-18(9-5-8-17-6-3-2-4-7-17)14-19(21)15-26(24(25)29)16-20-11-13-22(30-20)23(27)28/h2-4,6-7,10-14H,8,15-16H2,1H3,(H,27,28). The Balaban J connectivity index is 1.52. The first kappa shape index (κ1) is 19.3. The van der Waals surface area contributed by atoms with Gasteiger partial charge in [0.1, 0.15) is 5.76 Å². The number of rotatable bonds is 4. The summed E-state index contributed by atoms with van der Waals surface area (Å²) in [4.78, 5) is 26.9. The Morgan fingerprint density at radius 1 is 1.13 bits per heavy atom. The predicted molar refractivity (Wildman–Crippen MR) is 112 cm³/mol.